The van der Waals surface area contributed by atoms with Crippen molar-refractivity contribution in [2.45, 2.75) is 19.8 Å². The zero-order chi connectivity index (χ0) is 13.6. The normalized spacial score (nSPS) is 13.3. The van der Waals surface area contributed by atoms with Crippen LogP contribution in [0.1, 0.15) is 18.9 Å². The van der Waals surface area contributed by atoms with Crippen LogP contribution in [0.3, 0.4) is 0 Å². The highest BCUT2D eigenvalue weighted by Gasteiger charge is 2.23. The second kappa shape index (κ2) is 6.15. The maximum atomic E-state index is 12.1. The molecular formula is C14H15F2NO. The molecule has 1 aromatic carbocycles. The van der Waals surface area contributed by atoms with Gasteiger partial charge in [0, 0.05) is 0 Å². The third kappa shape index (κ3) is 4.17. The van der Waals surface area contributed by atoms with Crippen LogP contribution in [0.4, 0.5) is 8.78 Å². The van der Waals surface area contributed by atoms with Gasteiger partial charge in [-0.25, -0.2) is 0 Å². The Bertz CT molecular complexity index is 458. The number of methoxy groups -OCH3 is 1. The summed E-state index contributed by atoms with van der Waals surface area (Å²) < 4.78 is 29.2. The van der Waals surface area contributed by atoms with Gasteiger partial charge in [-0.1, -0.05) is 12.1 Å². The lowest BCUT2D eigenvalue weighted by molar-refractivity contribution is 0.393. The Kier molecular flexibility index (Phi) is 4.85. The lowest BCUT2D eigenvalue weighted by Crippen LogP contribution is -2.16. The molecule has 0 aliphatic heterocycles. The number of halogens is 2. The maximum Gasteiger partial charge on any atom is 0.266 e. The highest BCUT2D eigenvalue weighted by molar-refractivity contribution is 5.28. The summed E-state index contributed by atoms with van der Waals surface area (Å²) in [7, 11) is 1.57. The molecule has 0 aliphatic carbocycles. The van der Waals surface area contributed by atoms with Crippen molar-refractivity contribution in [1.29, 1.82) is 5.26 Å². The lowest BCUT2D eigenvalue weighted by Gasteiger charge is -2.19. The van der Waals surface area contributed by atoms with Crippen LogP contribution in [0.5, 0.6) is 5.75 Å². The van der Waals surface area contributed by atoms with E-state index >= 15 is 0 Å². The van der Waals surface area contributed by atoms with E-state index in [-0.39, 0.29) is 6.42 Å². The number of hydrogen-bond acceptors (Lipinski definition) is 2. The standard InChI is InChI=1S/C14H15F2NO/c1-14(10-17,8-7-13(15)16)9-11-3-5-12(18-2)6-4-11/h3-7H,8-9H2,1-2H3. The number of benzene rings is 1. The minimum Gasteiger partial charge on any atom is -0.497 e. The Balaban J connectivity index is 2.78. The van der Waals surface area contributed by atoms with E-state index in [1.165, 1.54) is 0 Å². The van der Waals surface area contributed by atoms with Crippen LogP contribution in [-0.2, 0) is 6.42 Å². The molecule has 0 aliphatic rings. The fraction of sp³-hybridized carbons (Fsp3) is 0.357. The monoisotopic (exact) mass is 251 g/mol. The molecule has 0 heterocycles. The molecule has 0 spiro atoms. The molecule has 2 nitrogen and oxygen atoms in total. The Hall–Kier alpha value is -1.89. The maximum absolute atomic E-state index is 12.1. The van der Waals surface area contributed by atoms with E-state index in [2.05, 4.69) is 6.07 Å². The van der Waals surface area contributed by atoms with Gasteiger partial charge in [-0.15, -0.1) is 0 Å². The smallest absolute Gasteiger partial charge is 0.266 e. The van der Waals surface area contributed by atoms with E-state index in [1.807, 2.05) is 12.1 Å². The summed E-state index contributed by atoms with van der Waals surface area (Å²) in [4.78, 5) is 0. The van der Waals surface area contributed by atoms with E-state index in [1.54, 1.807) is 26.2 Å². The zero-order valence-electron chi connectivity index (χ0n) is 10.4. The summed E-state index contributed by atoms with van der Waals surface area (Å²) in [6, 6.07) is 9.36. The van der Waals surface area contributed by atoms with Gasteiger partial charge < -0.3 is 4.74 Å². The van der Waals surface area contributed by atoms with E-state index in [0.717, 1.165) is 17.4 Å². The van der Waals surface area contributed by atoms with Gasteiger partial charge in [0.15, 0.2) is 0 Å². The molecule has 1 aromatic rings. The van der Waals surface area contributed by atoms with Gasteiger partial charge in [0.05, 0.1) is 18.6 Å². The van der Waals surface area contributed by atoms with Crippen LogP contribution in [0.2, 0.25) is 0 Å². The molecule has 0 N–H and O–H groups in total. The number of rotatable bonds is 5. The van der Waals surface area contributed by atoms with Crippen molar-refractivity contribution in [2.75, 3.05) is 7.11 Å². The second-order valence-electron chi connectivity index (χ2n) is 4.40. The number of allylic oxidation sites excluding steroid dienone is 1. The molecule has 1 unspecified atom stereocenters. The molecule has 0 saturated carbocycles. The van der Waals surface area contributed by atoms with E-state index in [9.17, 15) is 8.78 Å². The molecule has 0 amide bonds. The first-order chi connectivity index (χ1) is 8.49. The highest BCUT2D eigenvalue weighted by Crippen LogP contribution is 2.28. The Morgan fingerprint density at radius 1 is 1.39 bits per heavy atom. The largest absolute Gasteiger partial charge is 0.497 e. The summed E-state index contributed by atoms with van der Waals surface area (Å²) in [5.74, 6) is 0.729. The third-order valence-electron chi connectivity index (χ3n) is 2.73. The molecule has 0 aromatic heterocycles. The van der Waals surface area contributed by atoms with Crippen molar-refractivity contribution >= 4 is 0 Å². The van der Waals surface area contributed by atoms with Crippen LogP contribution in [0.15, 0.2) is 36.4 Å². The molecule has 0 bridgehead atoms. The van der Waals surface area contributed by atoms with Crippen molar-refractivity contribution in [1.82, 2.24) is 0 Å². The van der Waals surface area contributed by atoms with E-state index in [0.29, 0.717) is 6.42 Å². The van der Waals surface area contributed by atoms with E-state index in [4.69, 9.17) is 10.00 Å². The van der Waals surface area contributed by atoms with E-state index < -0.39 is 11.5 Å². The van der Waals surface area contributed by atoms with Crippen LogP contribution < -0.4 is 4.74 Å². The van der Waals surface area contributed by atoms with Gasteiger partial charge in [-0.3, -0.25) is 0 Å². The Morgan fingerprint density at radius 3 is 2.44 bits per heavy atom. The molecule has 0 radical (unpaired) electrons. The SMILES string of the molecule is COc1ccc(CC(C)(C#N)CC=C(F)F)cc1. The predicted molar refractivity (Wildman–Crippen MR) is 65.3 cm³/mol. The third-order valence-corrected chi connectivity index (χ3v) is 2.73. The minimum absolute atomic E-state index is 0.0395. The van der Waals surface area contributed by atoms with Gasteiger partial charge in [0.25, 0.3) is 6.08 Å². The van der Waals surface area contributed by atoms with Crippen molar-refractivity contribution in [2.24, 2.45) is 5.41 Å². The van der Waals surface area contributed by atoms with Crippen LogP contribution in [-0.4, -0.2) is 7.11 Å². The zero-order valence-corrected chi connectivity index (χ0v) is 10.4. The number of nitrogens with zero attached hydrogens (tertiary/aromatic N) is 1. The fourth-order valence-electron chi connectivity index (χ4n) is 1.65. The summed E-state index contributed by atoms with van der Waals surface area (Å²) in [5.41, 5.74) is 0.102. The van der Waals surface area contributed by atoms with Gasteiger partial charge in [0.2, 0.25) is 0 Å². The highest BCUT2D eigenvalue weighted by atomic mass is 19.3. The minimum atomic E-state index is -1.74. The molecule has 0 fully saturated rings. The Morgan fingerprint density at radius 2 is 2.00 bits per heavy atom. The van der Waals surface area contributed by atoms with Gasteiger partial charge in [0.1, 0.15) is 5.75 Å². The first kappa shape index (κ1) is 14.2. The average molecular weight is 251 g/mol. The summed E-state index contributed by atoms with van der Waals surface area (Å²) in [5, 5.41) is 9.11. The van der Waals surface area contributed by atoms with Crippen LogP contribution in [0, 0.1) is 16.7 Å². The van der Waals surface area contributed by atoms with Crippen molar-refractivity contribution in [3.8, 4) is 11.8 Å². The molecule has 4 heteroatoms. The molecular weight excluding hydrogens is 236 g/mol. The summed E-state index contributed by atoms with van der Waals surface area (Å²) in [6.45, 7) is 1.68. The number of ether oxygens (including phenoxy) is 1. The van der Waals surface area contributed by atoms with Gasteiger partial charge in [-0.05, 0) is 43.5 Å². The molecule has 18 heavy (non-hydrogen) atoms. The lowest BCUT2D eigenvalue weighted by atomic mass is 9.82. The number of nitriles is 1. The first-order valence-corrected chi connectivity index (χ1v) is 5.54. The van der Waals surface area contributed by atoms with Crippen molar-refractivity contribution in [3.63, 3.8) is 0 Å². The number of hydrogen-bond donors (Lipinski definition) is 0. The first-order valence-electron chi connectivity index (χ1n) is 5.54. The van der Waals surface area contributed by atoms with Crippen molar-refractivity contribution in [3.05, 3.63) is 42.0 Å². The Labute approximate surface area is 105 Å². The summed E-state index contributed by atoms with van der Waals surface area (Å²) >= 11 is 0. The fourth-order valence-corrected chi connectivity index (χ4v) is 1.65. The molecule has 96 valence electrons. The summed E-state index contributed by atoms with van der Waals surface area (Å²) in [6.07, 6.45) is -0.478. The molecule has 1 rings (SSSR count). The predicted octanol–water partition coefficient (Wildman–Crippen LogP) is 3.94. The quantitative estimate of drug-likeness (QED) is 0.794. The van der Waals surface area contributed by atoms with Gasteiger partial charge >= 0.3 is 0 Å². The second-order valence-corrected chi connectivity index (χ2v) is 4.40. The topological polar surface area (TPSA) is 33.0 Å². The van der Waals surface area contributed by atoms with Crippen LogP contribution in [0.25, 0.3) is 0 Å². The van der Waals surface area contributed by atoms with Gasteiger partial charge in [-0.2, -0.15) is 14.0 Å². The molecule has 0 saturated heterocycles. The molecule has 1 atom stereocenters. The van der Waals surface area contributed by atoms with Crippen molar-refractivity contribution < 1.29 is 13.5 Å². The average Bonchev–Trinajstić information content (AvgIpc) is 2.37. The van der Waals surface area contributed by atoms with Crippen LogP contribution >= 0.6 is 0 Å².